The summed E-state index contributed by atoms with van der Waals surface area (Å²) < 4.78 is 7.15. The summed E-state index contributed by atoms with van der Waals surface area (Å²) in [7, 11) is 0. The Morgan fingerprint density at radius 3 is 2.52 bits per heavy atom. The Hall–Kier alpha value is -0.640. The smallest absolute Gasteiger partial charge is 0.218 e. The van der Waals surface area contributed by atoms with E-state index in [9.17, 15) is 0 Å². The predicted molar refractivity (Wildman–Crippen MR) is 87.5 cm³/mol. The summed E-state index contributed by atoms with van der Waals surface area (Å²) in [6.07, 6.45) is 4.03. The maximum absolute atomic E-state index is 6.34. The van der Waals surface area contributed by atoms with Crippen LogP contribution in [0.2, 0.25) is 0 Å². The Morgan fingerprint density at radius 2 is 2.00 bits per heavy atom. The Bertz CT molecular complexity index is 558. The molecule has 2 aliphatic carbocycles. The first-order valence-corrected chi connectivity index (χ1v) is 8.74. The standard InChI is InChI=1S/C17H25BrN2O/c1-10(2)15-19-13(18)9-14(20-15)21-12-8-11-6-7-17(12,5)16(11,3)4/h9-12H,6-8H2,1-5H3. The molecule has 21 heavy (non-hydrogen) atoms. The number of ether oxygens (including phenoxy) is 1. The maximum atomic E-state index is 6.34. The van der Waals surface area contributed by atoms with Crippen molar-refractivity contribution < 1.29 is 4.74 Å². The van der Waals surface area contributed by atoms with Gasteiger partial charge in [-0.05, 0) is 46.5 Å². The first-order chi connectivity index (χ1) is 9.74. The highest BCUT2D eigenvalue weighted by molar-refractivity contribution is 9.10. The largest absolute Gasteiger partial charge is 0.474 e. The van der Waals surface area contributed by atoms with E-state index in [2.05, 4.69) is 60.5 Å². The average Bonchev–Trinajstić information content (AvgIpc) is 2.71. The molecule has 0 spiro atoms. The van der Waals surface area contributed by atoms with Crippen LogP contribution in [0.3, 0.4) is 0 Å². The van der Waals surface area contributed by atoms with E-state index in [-0.39, 0.29) is 11.5 Å². The second-order valence-electron chi connectivity index (χ2n) is 7.76. The fraction of sp³-hybridized carbons (Fsp3) is 0.765. The summed E-state index contributed by atoms with van der Waals surface area (Å²) in [5.74, 6) is 2.64. The molecule has 2 bridgehead atoms. The van der Waals surface area contributed by atoms with E-state index in [0.717, 1.165) is 28.6 Å². The van der Waals surface area contributed by atoms with Crippen LogP contribution in [0.4, 0.5) is 0 Å². The monoisotopic (exact) mass is 352 g/mol. The molecule has 1 heterocycles. The van der Waals surface area contributed by atoms with Gasteiger partial charge in [0.05, 0.1) is 0 Å². The van der Waals surface area contributed by atoms with Crippen molar-refractivity contribution in [3.8, 4) is 5.88 Å². The van der Waals surface area contributed by atoms with Crippen molar-refractivity contribution >= 4 is 15.9 Å². The Balaban J connectivity index is 1.86. The number of halogens is 1. The topological polar surface area (TPSA) is 35.0 Å². The van der Waals surface area contributed by atoms with Crippen LogP contribution >= 0.6 is 15.9 Å². The Kier molecular flexibility index (Phi) is 3.59. The third-order valence-corrected chi connectivity index (χ3v) is 6.59. The molecule has 1 aromatic rings. The van der Waals surface area contributed by atoms with Crippen LogP contribution in [-0.4, -0.2) is 16.1 Å². The zero-order chi connectivity index (χ0) is 15.4. The van der Waals surface area contributed by atoms with Gasteiger partial charge in [0.2, 0.25) is 5.88 Å². The number of hydrogen-bond donors (Lipinski definition) is 0. The van der Waals surface area contributed by atoms with Crippen LogP contribution in [0.15, 0.2) is 10.7 Å². The van der Waals surface area contributed by atoms with Gasteiger partial charge in [-0.3, -0.25) is 0 Å². The fourth-order valence-electron chi connectivity index (χ4n) is 4.19. The zero-order valence-electron chi connectivity index (χ0n) is 13.6. The summed E-state index contributed by atoms with van der Waals surface area (Å²) in [6, 6.07) is 1.90. The summed E-state index contributed by atoms with van der Waals surface area (Å²) >= 11 is 3.48. The molecule has 0 N–H and O–H groups in total. The first-order valence-electron chi connectivity index (χ1n) is 7.95. The van der Waals surface area contributed by atoms with Crippen molar-refractivity contribution in [3.63, 3.8) is 0 Å². The Morgan fingerprint density at radius 1 is 1.29 bits per heavy atom. The summed E-state index contributed by atoms with van der Waals surface area (Å²) in [4.78, 5) is 9.02. The van der Waals surface area contributed by atoms with Crippen molar-refractivity contribution in [1.29, 1.82) is 0 Å². The van der Waals surface area contributed by atoms with E-state index in [4.69, 9.17) is 4.74 Å². The molecule has 1 aromatic heterocycles. The fourth-order valence-corrected chi connectivity index (χ4v) is 4.56. The van der Waals surface area contributed by atoms with E-state index < -0.39 is 0 Å². The molecule has 0 amide bonds. The van der Waals surface area contributed by atoms with Gasteiger partial charge in [-0.2, -0.15) is 4.98 Å². The SMILES string of the molecule is CC(C)c1nc(Br)cc(OC2CC3CCC2(C)C3(C)C)n1. The van der Waals surface area contributed by atoms with Gasteiger partial charge in [0, 0.05) is 17.4 Å². The molecule has 3 unspecified atom stereocenters. The normalized spacial score (nSPS) is 33.7. The molecule has 3 atom stereocenters. The van der Waals surface area contributed by atoms with Gasteiger partial charge in [0.15, 0.2) is 0 Å². The molecule has 3 rings (SSSR count). The van der Waals surface area contributed by atoms with E-state index in [1.165, 1.54) is 12.8 Å². The zero-order valence-corrected chi connectivity index (χ0v) is 15.2. The van der Waals surface area contributed by atoms with Crippen molar-refractivity contribution in [1.82, 2.24) is 9.97 Å². The van der Waals surface area contributed by atoms with Gasteiger partial charge in [0.1, 0.15) is 16.5 Å². The molecule has 4 heteroatoms. The minimum absolute atomic E-state index is 0.257. The molecular formula is C17H25BrN2O. The lowest BCUT2D eigenvalue weighted by atomic mass is 9.70. The molecule has 3 nitrogen and oxygen atoms in total. The maximum Gasteiger partial charge on any atom is 0.218 e. The third kappa shape index (κ3) is 2.30. The lowest BCUT2D eigenvalue weighted by Crippen LogP contribution is -2.39. The van der Waals surface area contributed by atoms with Gasteiger partial charge >= 0.3 is 0 Å². The minimum atomic E-state index is 0.257. The van der Waals surface area contributed by atoms with Gasteiger partial charge in [0.25, 0.3) is 0 Å². The molecule has 2 saturated carbocycles. The quantitative estimate of drug-likeness (QED) is 0.721. The minimum Gasteiger partial charge on any atom is -0.474 e. The van der Waals surface area contributed by atoms with Gasteiger partial charge in [-0.1, -0.05) is 34.6 Å². The molecule has 0 aromatic carbocycles. The van der Waals surface area contributed by atoms with Crippen LogP contribution in [0, 0.1) is 16.7 Å². The highest BCUT2D eigenvalue weighted by Crippen LogP contribution is 2.66. The molecule has 116 valence electrons. The molecular weight excluding hydrogens is 328 g/mol. The highest BCUT2D eigenvalue weighted by Gasteiger charge is 2.62. The predicted octanol–water partition coefficient (Wildman–Crippen LogP) is 4.96. The summed E-state index contributed by atoms with van der Waals surface area (Å²) in [6.45, 7) is 11.4. The van der Waals surface area contributed by atoms with E-state index in [1.54, 1.807) is 0 Å². The van der Waals surface area contributed by atoms with Crippen LogP contribution in [0.5, 0.6) is 5.88 Å². The van der Waals surface area contributed by atoms with Crippen molar-refractivity contribution in [2.45, 2.75) is 65.9 Å². The van der Waals surface area contributed by atoms with Crippen LogP contribution in [-0.2, 0) is 0 Å². The van der Waals surface area contributed by atoms with Crippen molar-refractivity contribution in [2.75, 3.05) is 0 Å². The first kappa shape index (κ1) is 15.3. The van der Waals surface area contributed by atoms with Crippen LogP contribution < -0.4 is 4.74 Å². The second-order valence-corrected chi connectivity index (χ2v) is 8.57. The van der Waals surface area contributed by atoms with E-state index in [0.29, 0.717) is 11.3 Å². The summed E-state index contributed by atoms with van der Waals surface area (Å²) in [5, 5.41) is 0. The van der Waals surface area contributed by atoms with Gasteiger partial charge in [-0.15, -0.1) is 0 Å². The Labute approximate surface area is 136 Å². The molecule has 2 aliphatic rings. The molecule has 0 aliphatic heterocycles. The number of nitrogens with zero attached hydrogens (tertiary/aromatic N) is 2. The summed E-state index contributed by atoms with van der Waals surface area (Å²) in [5.41, 5.74) is 0.621. The number of rotatable bonds is 3. The van der Waals surface area contributed by atoms with Crippen LogP contribution in [0.1, 0.15) is 65.6 Å². The lowest BCUT2D eigenvalue weighted by Gasteiger charge is -2.38. The van der Waals surface area contributed by atoms with Crippen LogP contribution in [0.25, 0.3) is 0 Å². The lowest BCUT2D eigenvalue weighted by molar-refractivity contribution is 0.0270. The van der Waals surface area contributed by atoms with Gasteiger partial charge in [-0.25, -0.2) is 4.98 Å². The number of aromatic nitrogens is 2. The van der Waals surface area contributed by atoms with Crippen molar-refractivity contribution in [3.05, 3.63) is 16.5 Å². The highest BCUT2D eigenvalue weighted by atomic mass is 79.9. The number of hydrogen-bond acceptors (Lipinski definition) is 3. The van der Waals surface area contributed by atoms with E-state index >= 15 is 0 Å². The second kappa shape index (κ2) is 4.94. The van der Waals surface area contributed by atoms with Gasteiger partial charge < -0.3 is 4.74 Å². The molecule has 2 fully saturated rings. The average molecular weight is 353 g/mol. The van der Waals surface area contributed by atoms with Crippen molar-refractivity contribution in [2.24, 2.45) is 16.7 Å². The third-order valence-electron chi connectivity index (χ3n) is 6.18. The number of fused-ring (bicyclic) bond motifs is 2. The van der Waals surface area contributed by atoms with E-state index in [1.807, 2.05) is 6.07 Å². The molecule has 0 saturated heterocycles. The molecule has 0 radical (unpaired) electrons.